The number of thiazole rings is 2. The Balaban J connectivity index is 1.34. The molecule has 0 spiro atoms. The Labute approximate surface area is 170 Å². The summed E-state index contributed by atoms with van der Waals surface area (Å²) in [5, 5.41) is 3.92. The molecule has 1 unspecified atom stereocenters. The van der Waals surface area contributed by atoms with Gasteiger partial charge in [-0.15, -0.1) is 22.7 Å². The minimum atomic E-state index is 0.0846. The highest BCUT2D eigenvalue weighted by atomic mass is 32.1. The van der Waals surface area contributed by atoms with E-state index in [0.29, 0.717) is 6.42 Å². The molecular weight excluding hydrogens is 388 g/mol. The first-order chi connectivity index (χ1) is 13.8. The van der Waals surface area contributed by atoms with Gasteiger partial charge in [-0.1, -0.05) is 12.1 Å². The summed E-state index contributed by atoms with van der Waals surface area (Å²) in [5.41, 5.74) is 2.82. The molecule has 1 aromatic carbocycles. The average Bonchev–Trinajstić information content (AvgIpc) is 3.47. The SMILES string of the molecule is O=C(Cc1csc(-c2cccnc2)n1)N1CCCC1c1nc2ccccc2s1. The molecule has 0 radical (unpaired) electrons. The second kappa shape index (κ2) is 7.41. The second-order valence-electron chi connectivity index (χ2n) is 6.83. The van der Waals surface area contributed by atoms with Crippen LogP contribution in [0.2, 0.25) is 0 Å². The summed E-state index contributed by atoms with van der Waals surface area (Å²) in [6.07, 6.45) is 5.87. The maximum absolute atomic E-state index is 13.0. The molecule has 0 aliphatic carbocycles. The zero-order chi connectivity index (χ0) is 18.9. The van der Waals surface area contributed by atoms with Gasteiger partial charge < -0.3 is 4.90 Å². The van der Waals surface area contributed by atoms with Gasteiger partial charge in [0.2, 0.25) is 5.91 Å². The van der Waals surface area contributed by atoms with Gasteiger partial charge in [-0.3, -0.25) is 9.78 Å². The summed E-state index contributed by atoms with van der Waals surface area (Å²) in [6, 6.07) is 12.1. The molecule has 4 aromatic rings. The smallest absolute Gasteiger partial charge is 0.229 e. The Morgan fingerprint density at radius 2 is 2.11 bits per heavy atom. The molecule has 0 N–H and O–H groups in total. The van der Waals surface area contributed by atoms with Gasteiger partial charge in [0.1, 0.15) is 10.0 Å². The van der Waals surface area contributed by atoms with Crippen molar-refractivity contribution in [2.45, 2.75) is 25.3 Å². The third kappa shape index (κ3) is 3.31. The predicted octanol–water partition coefficient (Wildman–Crippen LogP) is 4.72. The summed E-state index contributed by atoms with van der Waals surface area (Å²) in [5.74, 6) is 0.129. The lowest BCUT2D eigenvalue weighted by molar-refractivity contribution is -0.131. The number of nitrogens with zero attached hydrogens (tertiary/aromatic N) is 4. The Kier molecular flexibility index (Phi) is 4.62. The number of carbonyl (C=O) groups is 1. The van der Waals surface area contributed by atoms with Gasteiger partial charge >= 0.3 is 0 Å². The van der Waals surface area contributed by atoms with E-state index < -0.39 is 0 Å². The number of fused-ring (bicyclic) bond motifs is 1. The highest BCUT2D eigenvalue weighted by molar-refractivity contribution is 7.18. The molecule has 0 bridgehead atoms. The van der Waals surface area contributed by atoms with E-state index in [2.05, 4.69) is 16.0 Å². The van der Waals surface area contributed by atoms with Crippen LogP contribution in [0, 0.1) is 0 Å². The first-order valence-corrected chi connectivity index (χ1v) is 11.0. The van der Waals surface area contributed by atoms with Crippen LogP contribution in [-0.2, 0) is 11.2 Å². The van der Waals surface area contributed by atoms with Crippen LogP contribution in [0.25, 0.3) is 20.8 Å². The molecule has 7 heteroatoms. The van der Waals surface area contributed by atoms with E-state index in [0.717, 1.165) is 46.2 Å². The van der Waals surface area contributed by atoms with Gasteiger partial charge in [0, 0.05) is 29.9 Å². The third-order valence-electron chi connectivity index (χ3n) is 4.96. The molecule has 1 amide bonds. The van der Waals surface area contributed by atoms with Crippen molar-refractivity contribution in [3.63, 3.8) is 0 Å². The Morgan fingerprint density at radius 1 is 1.18 bits per heavy atom. The molecule has 0 saturated carbocycles. The zero-order valence-electron chi connectivity index (χ0n) is 15.1. The minimum absolute atomic E-state index is 0.0846. The monoisotopic (exact) mass is 406 g/mol. The van der Waals surface area contributed by atoms with Crippen molar-refractivity contribution in [3.05, 3.63) is 64.9 Å². The molecule has 1 atom stereocenters. The summed E-state index contributed by atoms with van der Waals surface area (Å²) < 4.78 is 1.18. The Morgan fingerprint density at radius 3 is 2.96 bits per heavy atom. The average molecular weight is 407 g/mol. The number of carbonyl (C=O) groups excluding carboxylic acids is 1. The number of para-hydroxylation sites is 1. The first kappa shape index (κ1) is 17.5. The van der Waals surface area contributed by atoms with Crippen LogP contribution in [0.15, 0.2) is 54.2 Å². The van der Waals surface area contributed by atoms with Crippen LogP contribution in [0.1, 0.15) is 29.6 Å². The van der Waals surface area contributed by atoms with E-state index in [-0.39, 0.29) is 11.9 Å². The first-order valence-electron chi connectivity index (χ1n) is 9.28. The lowest BCUT2D eigenvalue weighted by Crippen LogP contribution is -2.31. The summed E-state index contributed by atoms with van der Waals surface area (Å²) >= 11 is 3.25. The summed E-state index contributed by atoms with van der Waals surface area (Å²) in [6.45, 7) is 0.791. The van der Waals surface area contributed by atoms with E-state index in [1.54, 1.807) is 35.1 Å². The lowest BCUT2D eigenvalue weighted by atomic mass is 10.2. The van der Waals surface area contributed by atoms with Crippen molar-refractivity contribution in [1.82, 2.24) is 19.9 Å². The molecule has 3 aromatic heterocycles. The van der Waals surface area contributed by atoms with Crippen LogP contribution >= 0.6 is 22.7 Å². The fraction of sp³-hybridized carbons (Fsp3) is 0.238. The number of aromatic nitrogens is 3. The van der Waals surface area contributed by atoms with Crippen molar-refractivity contribution in [2.24, 2.45) is 0 Å². The van der Waals surface area contributed by atoms with Crippen molar-refractivity contribution in [3.8, 4) is 10.6 Å². The fourth-order valence-corrected chi connectivity index (χ4v) is 5.55. The van der Waals surface area contributed by atoms with E-state index >= 15 is 0 Å². The van der Waals surface area contributed by atoms with Gasteiger partial charge in [0.15, 0.2) is 0 Å². The van der Waals surface area contributed by atoms with Gasteiger partial charge in [-0.25, -0.2) is 9.97 Å². The van der Waals surface area contributed by atoms with E-state index in [9.17, 15) is 4.79 Å². The second-order valence-corrected chi connectivity index (χ2v) is 8.75. The Hall–Kier alpha value is -2.64. The molecule has 1 saturated heterocycles. The van der Waals surface area contributed by atoms with Crippen molar-refractivity contribution < 1.29 is 4.79 Å². The minimum Gasteiger partial charge on any atom is -0.333 e. The molecule has 1 fully saturated rings. The highest BCUT2D eigenvalue weighted by Crippen LogP contribution is 2.36. The van der Waals surface area contributed by atoms with Crippen LogP contribution < -0.4 is 0 Å². The standard InChI is InChI=1S/C21H18N4OS2/c26-19(11-15-13-27-20(23-15)14-5-3-9-22-12-14)25-10-4-7-17(25)21-24-16-6-1-2-8-18(16)28-21/h1-3,5-6,8-9,12-13,17H,4,7,10-11H2. The van der Waals surface area contributed by atoms with Crippen molar-refractivity contribution in [2.75, 3.05) is 6.54 Å². The quantitative estimate of drug-likeness (QED) is 0.492. The number of hydrogen-bond acceptors (Lipinski definition) is 6. The molecule has 4 heterocycles. The molecule has 5 nitrogen and oxygen atoms in total. The van der Waals surface area contributed by atoms with Gasteiger partial charge in [-0.2, -0.15) is 0 Å². The molecule has 1 aliphatic rings. The maximum Gasteiger partial charge on any atom is 0.229 e. The fourth-order valence-electron chi connectivity index (χ4n) is 3.62. The van der Waals surface area contributed by atoms with Crippen LogP contribution in [0.3, 0.4) is 0 Å². The normalized spacial score (nSPS) is 16.7. The van der Waals surface area contributed by atoms with E-state index in [4.69, 9.17) is 4.98 Å². The van der Waals surface area contributed by atoms with E-state index in [1.807, 2.05) is 40.6 Å². The molecular formula is C21H18N4OS2. The van der Waals surface area contributed by atoms with E-state index in [1.165, 1.54) is 4.70 Å². The van der Waals surface area contributed by atoms with Gasteiger partial charge in [-0.05, 0) is 37.1 Å². The van der Waals surface area contributed by atoms with Crippen LogP contribution in [0.5, 0.6) is 0 Å². The molecule has 1 aliphatic heterocycles. The third-order valence-corrected chi connectivity index (χ3v) is 7.04. The molecule has 140 valence electrons. The maximum atomic E-state index is 13.0. The number of amides is 1. The highest BCUT2D eigenvalue weighted by Gasteiger charge is 2.32. The van der Waals surface area contributed by atoms with Crippen molar-refractivity contribution in [1.29, 1.82) is 0 Å². The topological polar surface area (TPSA) is 59.0 Å². The van der Waals surface area contributed by atoms with Crippen molar-refractivity contribution >= 4 is 38.8 Å². The summed E-state index contributed by atoms with van der Waals surface area (Å²) in [7, 11) is 0. The number of pyridine rings is 1. The predicted molar refractivity (Wildman–Crippen MR) is 112 cm³/mol. The molecule has 28 heavy (non-hydrogen) atoms. The molecule has 5 rings (SSSR count). The largest absolute Gasteiger partial charge is 0.333 e. The number of benzene rings is 1. The van der Waals surface area contributed by atoms with Crippen LogP contribution in [-0.4, -0.2) is 32.3 Å². The van der Waals surface area contributed by atoms with Gasteiger partial charge in [0.05, 0.1) is 28.4 Å². The lowest BCUT2D eigenvalue weighted by Gasteiger charge is -2.22. The Bertz CT molecular complexity index is 1090. The summed E-state index contributed by atoms with van der Waals surface area (Å²) in [4.78, 5) is 28.6. The number of hydrogen-bond donors (Lipinski definition) is 0. The van der Waals surface area contributed by atoms with Crippen LogP contribution in [0.4, 0.5) is 0 Å². The number of rotatable bonds is 4. The van der Waals surface area contributed by atoms with Gasteiger partial charge in [0.25, 0.3) is 0 Å². The zero-order valence-corrected chi connectivity index (χ0v) is 16.7. The number of likely N-dealkylation sites (tertiary alicyclic amines) is 1.